The Morgan fingerprint density at radius 2 is 0.865 bits per heavy atom. The van der Waals surface area contributed by atoms with E-state index in [0.717, 1.165) is 28.6 Å². The molecule has 0 aromatic rings. The Bertz CT molecular complexity index is 522. The smallest absolute Gasteiger partial charge is 0.358 e. The summed E-state index contributed by atoms with van der Waals surface area (Å²) in [6.45, 7) is 18.0. The molecular formula is C34H68FeP2. The van der Waals surface area contributed by atoms with Crippen molar-refractivity contribution in [1.29, 1.82) is 0 Å². The van der Waals surface area contributed by atoms with Crippen LogP contribution in [-0.4, -0.2) is 32.9 Å². The second-order valence-electron chi connectivity index (χ2n) is 14.4. The summed E-state index contributed by atoms with van der Waals surface area (Å²) in [6.07, 6.45) is 27.7. The monoisotopic (exact) mass is 594 g/mol. The molecule has 0 spiro atoms. The predicted octanol–water partition coefficient (Wildman–Crippen LogP) is 12.6. The van der Waals surface area contributed by atoms with Gasteiger partial charge < -0.3 is 14.9 Å². The maximum atomic E-state index is 2.71. The number of hydrogen-bond donors (Lipinski definition) is 0. The summed E-state index contributed by atoms with van der Waals surface area (Å²) in [7, 11) is 0.253. The van der Waals surface area contributed by atoms with Gasteiger partial charge in [-0.3, -0.25) is 0 Å². The zero-order valence-electron chi connectivity index (χ0n) is 26.9. The number of hydrogen-bond acceptors (Lipinski definition) is 0. The zero-order chi connectivity index (χ0) is 24.8. The average molecular weight is 595 g/mol. The van der Waals surface area contributed by atoms with Crippen molar-refractivity contribution in [3.8, 4) is 0 Å². The molecule has 0 radical (unpaired) electrons. The van der Waals surface area contributed by atoms with E-state index in [-0.39, 0.29) is 47.8 Å². The third kappa shape index (κ3) is 11.3. The van der Waals surface area contributed by atoms with E-state index in [1.807, 2.05) is 0 Å². The van der Waals surface area contributed by atoms with Crippen molar-refractivity contribution in [2.24, 2.45) is 5.92 Å². The van der Waals surface area contributed by atoms with E-state index in [1.54, 1.807) is 64.2 Å². The van der Waals surface area contributed by atoms with Crippen molar-refractivity contribution in [3.63, 3.8) is 0 Å². The summed E-state index contributed by atoms with van der Waals surface area (Å²) < 4.78 is 0. The van der Waals surface area contributed by atoms with Gasteiger partial charge in [0.2, 0.25) is 0 Å². The molecule has 0 heterocycles. The van der Waals surface area contributed by atoms with Crippen LogP contribution >= 0.6 is 15.8 Å². The van der Waals surface area contributed by atoms with Gasteiger partial charge in [-0.15, -0.1) is 0 Å². The first-order valence-electron chi connectivity index (χ1n) is 15.7. The Hall–Kier alpha value is 1.38. The van der Waals surface area contributed by atoms with E-state index in [0.29, 0.717) is 10.3 Å². The fraction of sp³-hybridized carbons (Fsp3) is 0.941. The molecule has 0 N–H and O–H groups in total. The van der Waals surface area contributed by atoms with Gasteiger partial charge in [0.05, 0.1) is 0 Å². The molecule has 0 bridgehead atoms. The molecule has 0 aromatic carbocycles. The molecule has 3 heteroatoms. The van der Waals surface area contributed by atoms with Crippen LogP contribution < -0.4 is 0 Å². The summed E-state index contributed by atoms with van der Waals surface area (Å²) in [4.78, 5) is 0. The van der Waals surface area contributed by atoms with Crippen molar-refractivity contribution >= 4 is 15.8 Å². The fourth-order valence-electron chi connectivity index (χ4n) is 8.80. The molecule has 0 aliphatic heterocycles. The summed E-state index contributed by atoms with van der Waals surface area (Å²) >= 11 is 0. The predicted molar refractivity (Wildman–Crippen MR) is 174 cm³/mol. The molecule has 0 saturated heterocycles. The quantitative estimate of drug-likeness (QED) is 0.169. The minimum atomic E-state index is 0. The van der Waals surface area contributed by atoms with Crippen molar-refractivity contribution < 1.29 is 17.1 Å². The standard InChI is InChI=1S/C27H52P2.C5H10.2CH3.Fe/c1-21(29(26(2,3)4)27(5,6)7)24-19-14-20-25(24)28(22-15-10-8-11-16-22)23-17-12-9-13-18-23;1-2-4-5-3-1;;;/h21-25H,8-20H2,1-7H3;1-5H2;2*1H3;/q;;2*-1;+2/t21-,24?,25?;;;;/m1..../s1. The molecule has 0 aromatic heterocycles. The van der Waals surface area contributed by atoms with Gasteiger partial charge >= 0.3 is 17.1 Å². The first-order chi connectivity index (χ1) is 16.1. The van der Waals surface area contributed by atoms with Gasteiger partial charge in [-0.2, -0.15) is 0 Å². The van der Waals surface area contributed by atoms with Crippen LogP contribution in [0.5, 0.6) is 0 Å². The van der Waals surface area contributed by atoms with Crippen molar-refractivity contribution in [1.82, 2.24) is 0 Å². The SMILES string of the molecule is C1CCCC1.C[C@H](C1CCCC1P(C1CCCCC1)C1CCCCC1)P(C(C)(C)C)C(C)(C)C.[CH3-].[CH3-].[Fe+2]. The molecule has 3 atom stereocenters. The van der Waals surface area contributed by atoms with Gasteiger partial charge in [0.25, 0.3) is 0 Å². The Labute approximate surface area is 249 Å². The molecule has 4 aliphatic rings. The minimum Gasteiger partial charge on any atom is -0.358 e. The second-order valence-corrected chi connectivity index (χ2v) is 21.7. The van der Waals surface area contributed by atoms with Crippen LogP contribution in [0.2, 0.25) is 0 Å². The van der Waals surface area contributed by atoms with Crippen LogP contribution in [0, 0.1) is 20.8 Å². The Balaban J connectivity index is 0.00000145. The van der Waals surface area contributed by atoms with E-state index >= 15 is 0 Å². The van der Waals surface area contributed by atoms with E-state index in [9.17, 15) is 0 Å². The molecule has 0 amide bonds. The van der Waals surface area contributed by atoms with Gasteiger partial charge in [0, 0.05) is 0 Å². The molecule has 4 aliphatic carbocycles. The maximum absolute atomic E-state index is 2.71. The van der Waals surface area contributed by atoms with E-state index < -0.39 is 0 Å². The summed E-state index contributed by atoms with van der Waals surface area (Å²) in [5.74, 6) is 1.04. The second kappa shape index (κ2) is 18.0. The Kier molecular flexibility index (Phi) is 18.7. The summed E-state index contributed by atoms with van der Waals surface area (Å²) in [5.41, 5.74) is 4.32. The normalized spacial score (nSPS) is 26.5. The largest absolute Gasteiger partial charge is 2.00 e. The molecular weight excluding hydrogens is 526 g/mol. The average Bonchev–Trinajstić information content (AvgIpc) is 3.49. The van der Waals surface area contributed by atoms with Crippen LogP contribution in [0.3, 0.4) is 0 Å². The zero-order valence-corrected chi connectivity index (χ0v) is 29.8. The third-order valence-corrected chi connectivity index (χ3v) is 17.8. The molecule has 37 heavy (non-hydrogen) atoms. The third-order valence-electron chi connectivity index (χ3n) is 9.63. The first-order valence-corrected chi connectivity index (χ1v) is 18.6. The van der Waals surface area contributed by atoms with Crippen LogP contribution in [0.15, 0.2) is 0 Å². The van der Waals surface area contributed by atoms with E-state index in [1.165, 1.54) is 51.4 Å². The van der Waals surface area contributed by atoms with Crippen LogP contribution in [0.25, 0.3) is 0 Å². The van der Waals surface area contributed by atoms with Crippen LogP contribution in [0.4, 0.5) is 0 Å². The Morgan fingerprint density at radius 3 is 1.22 bits per heavy atom. The maximum Gasteiger partial charge on any atom is 2.00 e. The topological polar surface area (TPSA) is 0 Å². The molecule has 4 rings (SSSR count). The number of rotatable bonds is 5. The van der Waals surface area contributed by atoms with E-state index in [4.69, 9.17) is 0 Å². The van der Waals surface area contributed by atoms with Crippen molar-refractivity contribution in [3.05, 3.63) is 14.9 Å². The molecule has 4 fully saturated rings. The van der Waals surface area contributed by atoms with Gasteiger partial charge in [-0.25, -0.2) is 0 Å². The minimum absolute atomic E-state index is 0. The summed E-state index contributed by atoms with van der Waals surface area (Å²) in [6, 6.07) is 0. The van der Waals surface area contributed by atoms with E-state index in [2.05, 4.69) is 48.5 Å². The van der Waals surface area contributed by atoms with Gasteiger partial charge in [0.1, 0.15) is 0 Å². The van der Waals surface area contributed by atoms with Gasteiger partial charge in [0.15, 0.2) is 0 Å². The molecule has 0 nitrogen and oxygen atoms in total. The van der Waals surface area contributed by atoms with Gasteiger partial charge in [-0.1, -0.05) is 141 Å². The summed E-state index contributed by atoms with van der Waals surface area (Å²) in [5, 5.41) is 0.942. The molecule has 2 unspecified atom stereocenters. The fourth-order valence-corrected chi connectivity index (χ4v) is 19.1. The molecule has 222 valence electrons. The van der Waals surface area contributed by atoms with Crippen LogP contribution in [-0.2, 0) is 17.1 Å². The molecule has 4 saturated carbocycles. The van der Waals surface area contributed by atoms with Crippen molar-refractivity contribution in [2.45, 2.75) is 197 Å². The van der Waals surface area contributed by atoms with Gasteiger partial charge in [-0.05, 0) is 77.4 Å². The first kappa shape index (κ1) is 38.4. The van der Waals surface area contributed by atoms with Crippen molar-refractivity contribution in [2.75, 3.05) is 0 Å². The van der Waals surface area contributed by atoms with Crippen LogP contribution in [0.1, 0.15) is 164 Å². The Morgan fingerprint density at radius 1 is 0.514 bits per heavy atom.